The smallest absolute Gasteiger partial charge is 0.336 e. The monoisotopic (exact) mass is 450 g/mol. The van der Waals surface area contributed by atoms with Crippen molar-refractivity contribution in [2.75, 3.05) is 30.6 Å². The normalized spacial score (nSPS) is 10.2. The van der Waals surface area contributed by atoms with Crippen LogP contribution in [-0.4, -0.2) is 36.9 Å². The summed E-state index contributed by atoms with van der Waals surface area (Å²) in [6.07, 6.45) is 0. The van der Waals surface area contributed by atoms with Gasteiger partial charge in [-0.25, -0.2) is 4.79 Å². The van der Waals surface area contributed by atoms with Gasteiger partial charge in [-0.15, -0.1) is 0 Å². The minimum Gasteiger partial charge on any atom is -0.492 e. The number of carboxylic acid groups (broad SMARTS) is 1. The third-order valence-corrected chi connectivity index (χ3v) is 4.58. The summed E-state index contributed by atoms with van der Waals surface area (Å²) in [4.78, 5) is 24.4. The van der Waals surface area contributed by atoms with Gasteiger partial charge in [0.2, 0.25) is 0 Å². The summed E-state index contributed by atoms with van der Waals surface area (Å²) >= 11 is 0. The van der Waals surface area contributed by atoms with E-state index in [1.165, 1.54) is 12.1 Å². The van der Waals surface area contributed by atoms with E-state index >= 15 is 0 Å². The van der Waals surface area contributed by atoms with Gasteiger partial charge in [0.25, 0.3) is 5.91 Å². The molecule has 3 aromatic rings. The second kappa shape index (κ2) is 11.4. The number of hydrogen-bond acceptors (Lipinski definition) is 6. The lowest BCUT2D eigenvalue weighted by Gasteiger charge is -2.18. The van der Waals surface area contributed by atoms with E-state index in [0.717, 1.165) is 0 Å². The molecule has 33 heavy (non-hydrogen) atoms. The minimum atomic E-state index is -1.18. The fourth-order valence-corrected chi connectivity index (χ4v) is 3.12. The summed E-state index contributed by atoms with van der Waals surface area (Å²) in [5.41, 5.74) is 0.943. The summed E-state index contributed by atoms with van der Waals surface area (Å²) in [5.74, 6) is -0.138. The topological polar surface area (TPSA) is 106 Å². The quantitative estimate of drug-likeness (QED) is 0.357. The van der Waals surface area contributed by atoms with Crippen molar-refractivity contribution in [3.63, 3.8) is 0 Å². The maximum Gasteiger partial charge on any atom is 0.336 e. The zero-order valence-corrected chi connectivity index (χ0v) is 18.5. The van der Waals surface area contributed by atoms with Gasteiger partial charge in [0.15, 0.2) is 6.73 Å². The molecular formula is C25H26N2O6. The Kier molecular flexibility index (Phi) is 8.13. The summed E-state index contributed by atoms with van der Waals surface area (Å²) in [6, 6.07) is 18.7. The molecule has 0 aliphatic carbocycles. The second-order valence-electron chi connectivity index (χ2n) is 6.79. The van der Waals surface area contributed by atoms with Crippen molar-refractivity contribution in [1.29, 1.82) is 0 Å². The van der Waals surface area contributed by atoms with Crippen LogP contribution in [0.5, 0.6) is 17.2 Å². The zero-order chi connectivity index (χ0) is 23.6. The van der Waals surface area contributed by atoms with E-state index in [-0.39, 0.29) is 17.9 Å². The molecule has 0 fully saturated rings. The van der Waals surface area contributed by atoms with Crippen LogP contribution in [0.2, 0.25) is 0 Å². The van der Waals surface area contributed by atoms with Crippen molar-refractivity contribution in [3.8, 4) is 17.2 Å². The number of nitrogens with one attached hydrogen (secondary N) is 2. The maximum absolute atomic E-state index is 12.9. The third kappa shape index (κ3) is 6.16. The molecule has 3 rings (SSSR count). The van der Waals surface area contributed by atoms with E-state index in [1.807, 2.05) is 44.2 Å². The largest absolute Gasteiger partial charge is 0.492 e. The minimum absolute atomic E-state index is 0.0453. The van der Waals surface area contributed by atoms with E-state index in [2.05, 4.69) is 10.6 Å². The van der Waals surface area contributed by atoms with Gasteiger partial charge in [0.1, 0.15) is 17.2 Å². The third-order valence-electron chi connectivity index (χ3n) is 4.58. The average Bonchev–Trinajstić information content (AvgIpc) is 2.82. The van der Waals surface area contributed by atoms with Gasteiger partial charge in [-0.3, -0.25) is 4.79 Å². The SMILES string of the molecule is CCOc1cc(NC(=O)c2ccccc2C(=O)O)c(OCC)cc1NCOc1ccccc1. The highest BCUT2D eigenvalue weighted by atomic mass is 16.5. The first kappa shape index (κ1) is 23.5. The van der Waals surface area contributed by atoms with Gasteiger partial charge >= 0.3 is 5.97 Å². The van der Waals surface area contributed by atoms with Crippen LogP contribution < -0.4 is 24.8 Å². The summed E-state index contributed by atoms with van der Waals surface area (Å²) in [7, 11) is 0. The number of carbonyl (C=O) groups excluding carboxylic acids is 1. The molecule has 0 aliphatic heterocycles. The highest BCUT2D eigenvalue weighted by molar-refractivity contribution is 6.11. The molecule has 1 amide bonds. The average molecular weight is 450 g/mol. The van der Waals surface area contributed by atoms with Crippen LogP contribution in [0.3, 0.4) is 0 Å². The van der Waals surface area contributed by atoms with Gasteiger partial charge in [0, 0.05) is 12.1 Å². The highest BCUT2D eigenvalue weighted by Gasteiger charge is 2.19. The molecule has 8 heteroatoms. The van der Waals surface area contributed by atoms with E-state index in [4.69, 9.17) is 14.2 Å². The Balaban J connectivity index is 1.86. The Morgan fingerprint density at radius 1 is 0.788 bits per heavy atom. The van der Waals surface area contributed by atoms with Gasteiger partial charge in [-0.2, -0.15) is 0 Å². The maximum atomic E-state index is 12.9. The van der Waals surface area contributed by atoms with Crippen LogP contribution >= 0.6 is 0 Å². The molecule has 3 N–H and O–H groups in total. The van der Waals surface area contributed by atoms with Crippen molar-refractivity contribution in [2.45, 2.75) is 13.8 Å². The number of anilines is 2. The number of rotatable bonds is 11. The number of amides is 1. The Labute approximate surface area is 192 Å². The number of ether oxygens (including phenoxy) is 3. The molecule has 0 radical (unpaired) electrons. The van der Waals surface area contributed by atoms with Gasteiger partial charge in [-0.1, -0.05) is 30.3 Å². The first-order chi connectivity index (χ1) is 16.0. The predicted octanol–water partition coefficient (Wildman–Crippen LogP) is 4.88. The van der Waals surface area contributed by atoms with Crippen LogP contribution in [0.4, 0.5) is 11.4 Å². The Bertz CT molecular complexity index is 1100. The van der Waals surface area contributed by atoms with E-state index in [9.17, 15) is 14.7 Å². The number of aromatic carboxylic acids is 1. The van der Waals surface area contributed by atoms with Gasteiger partial charge < -0.3 is 30.0 Å². The molecule has 0 unspecified atom stereocenters. The van der Waals surface area contributed by atoms with Crippen molar-refractivity contribution in [1.82, 2.24) is 0 Å². The van der Waals surface area contributed by atoms with E-state index in [1.54, 1.807) is 24.3 Å². The van der Waals surface area contributed by atoms with Crippen molar-refractivity contribution in [2.24, 2.45) is 0 Å². The second-order valence-corrected chi connectivity index (χ2v) is 6.79. The van der Waals surface area contributed by atoms with Crippen LogP contribution in [0.25, 0.3) is 0 Å². The highest BCUT2D eigenvalue weighted by Crippen LogP contribution is 2.37. The van der Waals surface area contributed by atoms with E-state index in [0.29, 0.717) is 41.8 Å². The summed E-state index contributed by atoms with van der Waals surface area (Å²) in [6.45, 7) is 4.63. The predicted molar refractivity (Wildman–Crippen MR) is 126 cm³/mol. The molecule has 3 aromatic carbocycles. The molecule has 0 saturated carbocycles. The van der Waals surface area contributed by atoms with Gasteiger partial charge in [-0.05, 0) is 38.1 Å². The Morgan fingerprint density at radius 3 is 2.00 bits per heavy atom. The zero-order valence-electron chi connectivity index (χ0n) is 18.5. The number of para-hydroxylation sites is 1. The lowest BCUT2D eigenvalue weighted by Crippen LogP contribution is -2.17. The van der Waals surface area contributed by atoms with Crippen LogP contribution in [0.15, 0.2) is 66.7 Å². The molecule has 0 aromatic heterocycles. The lowest BCUT2D eigenvalue weighted by atomic mass is 10.1. The molecule has 0 spiro atoms. The number of carboxylic acids is 1. The fourth-order valence-electron chi connectivity index (χ4n) is 3.12. The van der Waals surface area contributed by atoms with Crippen molar-refractivity contribution in [3.05, 3.63) is 77.9 Å². The molecule has 0 bridgehead atoms. The molecule has 0 aliphatic rings. The number of hydrogen-bond donors (Lipinski definition) is 3. The van der Waals surface area contributed by atoms with Crippen molar-refractivity contribution < 1.29 is 28.9 Å². The Hall–Kier alpha value is -4.20. The van der Waals surface area contributed by atoms with Crippen LogP contribution in [0, 0.1) is 0 Å². The van der Waals surface area contributed by atoms with Crippen LogP contribution in [0.1, 0.15) is 34.6 Å². The molecule has 172 valence electrons. The Morgan fingerprint density at radius 2 is 1.36 bits per heavy atom. The van der Waals surface area contributed by atoms with Crippen LogP contribution in [-0.2, 0) is 0 Å². The van der Waals surface area contributed by atoms with E-state index < -0.39 is 11.9 Å². The lowest BCUT2D eigenvalue weighted by molar-refractivity contribution is 0.0692. The fraction of sp³-hybridized carbons (Fsp3) is 0.200. The number of carbonyl (C=O) groups is 2. The summed E-state index contributed by atoms with van der Waals surface area (Å²) in [5, 5.41) is 15.3. The first-order valence-corrected chi connectivity index (χ1v) is 10.5. The van der Waals surface area contributed by atoms with Crippen molar-refractivity contribution >= 4 is 23.3 Å². The standard InChI is InChI=1S/C25H26N2O6/c1-3-31-22-15-21(27-24(28)18-12-8-9-13-19(18)25(29)30)23(32-4-2)14-20(22)26-16-33-17-10-6-5-7-11-17/h5-15,26H,3-4,16H2,1-2H3,(H,27,28)(H,29,30). The molecule has 8 nitrogen and oxygen atoms in total. The summed E-state index contributed by atoms with van der Waals surface area (Å²) < 4.78 is 17.2. The molecular weight excluding hydrogens is 424 g/mol. The molecule has 0 atom stereocenters. The molecule has 0 heterocycles. The first-order valence-electron chi connectivity index (χ1n) is 10.5. The molecule has 0 saturated heterocycles. The van der Waals surface area contributed by atoms with Gasteiger partial charge in [0.05, 0.1) is 35.7 Å². The number of benzene rings is 3.